The third-order valence-corrected chi connectivity index (χ3v) is 4.64. The minimum Gasteiger partial charge on any atom is -0.466 e. The van der Waals surface area contributed by atoms with Crippen molar-refractivity contribution in [2.45, 2.75) is 26.7 Å². The molecule has 0 aliphatic carbocycles. The number of aromatic amines is 1. The Labute approximate surface area is 155 Å². The van der Waals surface area contributed by atoms with Gasteiger partial charge in [0.2, 0.25) is 5.88 Å². The van der Waals surface area contributed by atoms with Gasteiger partial charge in [-0.15, -0.1) is 0 Å². The predicted octanol–water partition coefficient (Wildman–Crippen LogP) is 2.40. The van der Waals surface area contributed by atoms with Crippen LogP contribution in [0.1, 0.15) is 29.5 Å². The molecule has 1 atom stereocenters. The molecule has 1 aromatic carbocycles. The summed E-state index contributed by atoms with van der Waals surface area (Å²) in [7, 11) is 1.23. The molecular weight excluding hydrogens is 346 g/mol. The normalized spacial score (nSPS) is 16.9. The Morgan fingerprint density at radius 1 is 1.30 bits per heavy atom. The summed E-state index contributed by atoms with van der Waals surface area (Å²) in [5.41, 5.74) is 8.42. The molecule has 1 aromatic heterocycles. The van der Waals surface area contributed by atoms with Gasteiger partial charge in [0.05, 0.1) is 24.1 Å². The van der Waals surface area contributed by atoms with E-state index in [0.717, 1.165) is 16.5 Å². The summed E-state index contributed by atoms with van der Waals surface area (Å²) in [4.78, 5) is 28.1. The number of nitrogens with one attached hydrogen (secondary N) is 1. The van der Waals surface area contributed by atoms with E-state index in [1.807, 2.05) is 32.0 Å². The molecule has 0 radical (unpaired) electrons. The van der Waals surface area contributed by atoms with Crippen molar-refractivity contribution in [3.05, 3.63) is 68.0 Å². The Kier molecular flexibility index (Phi) is 4.50. The number of carbonyl (C=O) groups is 1. The molecule has 2 aromatic rings. The highest BCUT2D eigenvalue weighted by Gasteiger charge is 2.37. The van der Waals surface area contributed by atoms with Crippen molar-refractivity contribution in [2.24, 2.45) is 5.73 Å². The second-order valence-corrected chi connectivity index (χ2v) is 6.49. The van der Waals surface area contributed by atoms with Gasteiger partial charge in [0.15, 0.2) is 0 Å². The topological polar surface area (TPSA) is 118 Å². The lowest BCUT2D eigenvalue weighted by Gasteiger charge is -2.26. The summed E-state index contributed by atoms with van der Waals surface area (Å²) in [6.45, 7) is 5.40. The minimum absolute atomic E-state index is 0.00442. The van der Waals surface area contributed by atoms with E-state index in [2.05, 4.69) is 4.98 Å². The van der Waals surface area contributed by atoms with Crippen molar-refractivity contribution in [2.75, 3.05) is 7.11 Å². The van der Waals surface area contributed by atoms with Crippen LogP contribution in [-0.2, 0) is 14.3 Å². The number of aromatic nitrogens is 1. The fourth-order valence-corrected chi connectivity index (χ4v) is 3.49. The molecule has 138 valence electrons. The highest BCUT2D eigenvalue weighted by atomic mass is 16.5. The molecule has 2 heterocycles. The molecule has 0 bridgehead atoms. The van der Waals surface area contributed by atoms with Crippen molar-refractivity contribution >= 4 is 16.9 Å². The van der Waals surface area contributed by atoms with Crippen LogP contribution in [0.3, 0.4) is 0 Å². The van der Waals surface area contributed by atoms with Gasteiger partial charge in [-0.2, -0.15) is 5.26 Å². The van der Waals surface area contributed by atoms with Crippen LogP contribution in [0, 0.1) is 25.2 Å². The van der Waals surface area contributed by atoms with Gasteiger partial charge in [0.25, 0.3) is 5.56 Å². The maximum Gasteiger partial charge on any atom is 0.338 e. The van der Waals surface area contributed by atoms with E-state index in [4.69, 9.17) is 15.2 Å². The third kappa shape index (κ3) is 2.95. The summed E-state index contributed by atoms with van der Waals surface area (Å²) >= 11 is 0. The number of hydrogen-bond donors (Lipinski definition) is 2. The lowest BCUT2D eigenvalue weighted by molar-refractivity contribution is -0.136. The van der Waals surface area contributed by atoms with E-state index in [-0.39, 0.29) is 28.4 Å². The molecule has 0 spiro atoms. The number of esters is 1. The molecule has 1 aliphatic heterocycles. The van der Waals surface area contributed by atoms with Crippen LogP contribution in [-0.4, -0.2) is 18.1 Å². The molecule has 3 rings (SSSR count). The van der Waals surface area contributed by atoms with Crippen LogP contribution in [0.5, 0.6) is 0 Å². The second kappa shape index (κ2) is 6.65. The van der Waals surface area contributed by atoms with E-state index in [0.29, 0.717) is 5.52 Å². The number of aryl methyl sites for hydroxylation is 2. The number of pyridine rings is 1. The van der Waals surface area contributed by atoms with Crippen molar-refractivity contribution in [1.29, 1.82) is 5.26 Å². The van der Waals surface area contributed by atoms with E-state index in [1.165, 1.54) is 7.11 Å². The molecule has 7 heteroatoms. The highest BCUT2D eigenvalue weighted by Crippen LogP contribution is 2.38. The smallest absolute Gasteiger partial charge is 0.338 e. The molecule has 0 saturated carbocycles. The SMILES string of the molecule is COC(=O)C1=C(C)OC(N)=C(C#N)[C@H]1c1cc2cc(C)cc(C)c2[nH]c1=O. The van der Waals surface area contributed by atoms with Gasteiger partial charge in [-0.3, -0.25) is 4.79 Å². The van der Waals surface area contributed by atoms with Crippen molar-refractivity contribution < 1.29 is 14.3 Å². The number of rotatable bonds is 2. The van der Waals surface area contributed by atoms with Crippen LogP contribution in [0.2, 0.25) is 0 Å². The number of allylic oxidation sites excluding steroid dienone is 2. The number of fused-ring (bicyclic) bond motifs is 1. The van der Waals surface area contributed by atoms with Gasteiger partial charge < -0.3 is 20.2 Å². The number of ether oxygens (including phenoxy) is 2. The highest BCUT2D eigenvalue weighted by molar-refractivity contribution is 5.93. The van der Waals surface area contributed by atoms with E-state index < -0.39 is 17.4 Å². The van der Waals surface area contributed by atoms with Crippen LogP contribution >= 0.6 is 0 Å². The summed E-state index contributed by atoms with van der Waals surface area (Å²) in [5.74, 6) is -1.58. The number of carbonyl (C=O) groups excluding carboxylic acids is 1. The van der Waals surface area contributed by atoms with Gasteiger partial charge >= 0.3 is 5.97 Å². The monoisotopic (exact) mass is 365 g/mol. The standard InChI is InChI=1S/C20H19N3O4/c1-9-5-10(2)17-12(6-9)7-13(19(24)23-17)16-14(8-21)18(22)27-11(3)15(16)20(25)26-4/h5-7,16H,22H2,1-4H3,(H,23,24)/t16-/m1/s1. The fourth-order valence-electron chi connectivity index (χ4n) is 3.49. The van der Waals surface area contributed by atoms with Crippen molar-refractivity contribution in [1.82, 2.24) is 4.98 Å². The lowest BCUT2D eigenvalue weighted by Crippen LogP contribution is -2.29. The zero-order valence-corrected chi connectivity index (χ0v) is 15.5. The number of nitrogens with zero attached hydrogens (tertiary/aromatic N) is 1. The number of methoxy groups -OCH3 is 1. The molecule has 27 heavy (non-hydrogen) atoms. The van der Waals surface area contributed by atoms with Crippen molar-refractivity contribution in [3.8, 4) is 6.07 Å². The lowest BCUT2D eigenvalue weighted by atomic mass is 9.83. The molecule has 0 saturated heterocycles. The predicted molar refractivity (Wildman–Crippen MR) is 99.4 cm³/mol. The number of H-pyrrole nitrogens is 1. The van der Waals surface area contributed by atoms with Crippen LogP contribution in [0.15, 0.2) is 45.8 Å². The van der Waals surface area contributed by atoms with E-state index in [1.54, 1.807) is 13.0 Å². The number of benzene rings is 1. The van der Waals surface area contributed by atoms with Crippen LogP contribution in [0.25, 0.3) is 10.9 Å². The van der Waals surface area contributed by atoms with Gasteiger partial charge in [0, 0.05) is 5.56 Å². The Bertz CT molecular complexity index is 1130. The van der Waals surface area contributed by atoms with Crippen LogP contribution < -0.4 is 11.3 Å². The van der Waals surface area contributed by atoms with Crippen molar-refractivity contribution in [3.63, 3.8) is 0 Å². The zero-order chi connectivity index (χ0) is 19.9. The van der Waals surface area contributed by atoms with E-state index >= 15 is 0 Å². The molecular formula is C20H19N3O4. The average Bonchev–Trinajstić information content (AvgIpc) is 2.60. The first-order chi connectivity index (χ1) is 12.8. The Morgan fingerprint density at radius 3 is 2.63 bits per heavy atom. The quantitative estimate of drug-likeness (QED) is 0.789. The Hall–Kier alpha value is -3.53. The minimum atomic E-state index is -0.967. The maximum atomic E-state index is 12.9. The summed E-state index contributed by atoms with van der Waals surface area (Å²) in [6.07, 6.45) is 0. The largest absolute Gasteiger partial charge is 0.466 e. The first kappa shape index (κ1) is 18.3. The first-order valence-electron chi connectivity index (χ1n) is 8.29. The van der Waals surface area contributed by atoms with Gasteiger partial charge in [-0.05, 0) is 43.9 Å². The summed E-state index contributed by atoms with van der Waals surface area (Å²) in [6, 6.07) is 7.54. The van der Waals surface area contributed by atoms with Crippen LogP contribution in [0.4, 0.5) is 0 Å². The Balaban J connectivity index is 2.35. The van der Waals surface area contributed by atoms with Gasteiger partial charge in [0.1, 0.15) is 17.4 Å². The summed E-state index contributed by atoms with van der Waals surface area (Å²) < 4.78 is 10.2. The first-order valence-corrected chi connectivity index (χ1v) is 8.29. The van der Waals surface area contributed by atoms with E-state index in [9.17, 15) is 14.9 Å². The molecule has 3 N–H and O–H groups in total. The number of hydrogen-bond acceptors (Lipinski definition) is 6. The second-order valence-electron chi connectivity index (χ2n) is 6.49. The molecule has 0 amide bonds. The Morgan fingerprint density at radius 2 is 2.00 bits per heavy atom. The third-order valence-electron chi connectivity index (χ3n) is 4.64. The maximum absolute atomic E-state index is 12.9. The zero-order valence-electron chi connectivity index (χ0n) is 15.5. The molecule has 0 unspecified atom stereocenters. The summed E-state index contributed by atoms with van der Waals surface area (Å²) in [5, 5.41) is 10.4. The number of nitriles is 1. The fraction of sp³-hybridized carbons (Fsp3) is 0.250. The van der Waals surface area contributed by atoms with Gasteiger partial charge in [-0.25, -0.2) is 4.79 Å². The average molecular weight is 365 g/mol. The number of nitrogens with two attached hydrogens (primary N) is 1. The molecule has 1 aliphatic rings. The van der Waals surface area contributed by atoms with Gasteiger partial charge in [-0.1, -0.05) is 11.6 Å². The molecule has 7 nitrogen and oxygen atoms in total. The molecule has 0 fully saturated rings.